The van der Waals surface area contributed by atoms with Crippen LogP contribution in [0.1, 0.15) is 39.8 Å². The fourth-order valence-electron chi connectivity index (χ4n) is 6.71. The first-order valence-corrected chi connectivity index (χ1v) is 11.9. The molecule has 6 heteroatoms. The van der Waals surface area contributed by atoms with Gasteiger partial charge < -0.3 is 0 Å². The minimum Gasteiger partial charge on any atom is -0.283 e. The van der Waals surface area contributed by atoms with Crippen LogP contribution < -0.4 is 10.5 Å². The van der Waals surface area contributed by atoms with Gasteiger partial charge in [-0.3, -0.25) is 19.1 Å². The monoisotopic (exact) mass is 461 g/mol. The number of carbonyl (C=O) groups is 2. The Bertz CT molecular complexity index is 1500. The smallest absolute Gasteiger partial charge is 0.283 e. The lowest BCUT2D eigenvalue weighted by atomic mass is 9.55. The SMILES string of the molecule is Cc1c(N2C(=O)C3C4c5ccccc5C(c5ccccc54)C3C2=O)c(=O)n(-c2ccccc2)n1C. The van der Waals surface area contributed by atoms with Crippen molar-refractivity contribution in [3.63, 3.8) is 0 Å². The number of carbonyl (C=O) groups excluding carboxylic acids is 2. The Balaban J connectivity index is 1.43. The standard InChI is InChI=1S/C29H23N3O3/c1-16-26(29(35)32(30(16)2)17-10-4-3-5-11-17)31-27(33)24-22-18-12-6-7-13-19(18)23(25(24)28(31)34)21-15-9-8-14-20(21)22/h3-15,22-25H,1-2H3. The molecular weight excluding hydrogens is 438 g/mol. The van der Waals surface area contributed by atoms with Gasteiger partial charge in [-0.1, -0.05) is 66.7 Å². The second kappa shape index (κ2) is 6.92. The maximum Gasteiger partial charge on any atom is 0.296 e. The highest BCUT2D eigenvalue weighted by molar-refractivity contribution is 6.23. The quantitative estimate of drug-likeness (QED) is 0.426. The van der Waals surface area contributed by atoms with E-state index in [1.165, 1.54) is 9.58 Å². The van der Waals surface area contributed by atoms with Crippen molar-refractivity contribution in [2.45, 2.75) is 18.8 Å². The largest absolute Gasteiger partial charge is 0.296 e. The van der Waals surface area contributed by atoms with Crippen molar-refractivity contribution in [2.75, 3.05) is 4.90 Å². The van der Waals surface area contributed by atoms with Crippen LogP contribution in [-0.2, 0) is 16.6 Å². The molecule has 8 rings (SSSR count). The molecule has 2 atom stereocenters. The van der Waals surface area contributed by atoms with Crippen LogP contribution in [0.25, 0.3) is 5.69 Å². The third-order valence-electron chi connectivity index (χ3n) is 8.20. The van der Waals surface area contributed by atoms with Gasteiger partial charge in [0.1, 0.15) is 5.69 Å². The number of nitrogens with zero attached hydrogens (tertiary/aromatic N) is 3. The minimum absolute atomic E-state index is 0.160. The number of benzene rings is 3. The number of para-hydroxylation sites is 1. The fourth-order valence-corrected chi connectivity index (χ4v) is 6.71. The highest BCUT2D eigenvalue weighted by Gasteiger charge is 2.62. The molecule has 0 radical (unpaired) electrons. The summed E-state index contributed by atoms with van der Waals surface area (Å²) in [7, 11) is 1.78. The summed E-state index contributed by atoms with van der Waals surface area (Å²) in [6.45, 7) is 1.79. The van der Waals surface area contributed by atoms with Crippen LogP contribution in [0.5, 0.6) is 0 Å². The molecule has 0 spiro atoms. The maximum absolute atomic E-state index is 14.1. The van der Waals surface area contributed by atoms with E-state index in [2.05, 4.69) is 24.3 Å². The van der Waals surface area contributed by atoms with Crippen molar-refractivity contribution in [2.24, 2.45) is 18.9 Å². The number of aromatic nitrogens is 2. The molecule has 1 saturated heterocycles. The van der Waals surface area contributed by atoms with Gasteiger partial charge in [0, 0.05) is 18.9 Å². The molecule has 6 nitrogen and oxygen atoms in total. The average molecular weight is 462 g/mol. The molecule has 4 aromatic rings. The number of anilines is 1. The third kappa shape index (κ3) is 2.41. The van der Waals surface area contributed by atoms with Gasteiger partial charge in [-0.25, -0.2) is 9.58 Å². The zero-order valence-electron chi connectivity index (χ0n) is 19.4. The molecule has 1 aliphatic heterocycles. The van der Waals surface area contributed by atoms with Gasteiger partial charge in [0.25, 0.3) is 5.56 Å². The molecule has 1 fully saturated rings. The maximum atomic E-state index is 14.1. The van der Waals surface area contributed by atoms with E-state index in [0.717, 1.165) is 22.3 Å². The van der Waals surface area contributed by atoms with Crippen LogP contribution in [0.15, 0.2) is 83.7 Å². The molecular formula is C29H23N3O3. The zero-order valence-corrected chi connectivity index (χ0v) is 19.4. The molecule has 4 aliphatic rings. The van der Waals surface area contributed by atoms with Crippen LogP contribution in [0.4, 0.5) is 5.69 Å². The summed E-state index contributed by atoms with van der Waals surface area (Å²) in [6, 6.07) is 25.6. The summed E-state index contributed by atoms with van der Waals surface area (Å²) in [5, 5.41) is 0. The topological polar surface area (TPSA) is 64.3 Å². The Labute approximate surface area is 202 Å². The molecule has 2 heterocycles. The number of rotatable bonds is 2. The summed E-state index contributed by atoms with van der Waals surface area (Å²) in [5.74, 6) is -1.96. The van der Waals surface area contributed by atoms with Crippen molar-refractivity contribution in [1.82, 2.24) is 9.36 Å². The van der Waals surface area contributed by atoms with Gasteiger partial charge in [0.05, 0.1) is 23.2 Å². The molecule has 2 bridgehead atoms. The highest BCUT2D eigenvalue weighted by atomic mass is 16.2. The van der Waals surface area contributed by atoms with Gasteiger partial charge in [0.15, 0.2) is 0 Å². The van der Waals surface area contributed by atoms with Gasteiger partial charge in [-0.15, -0.1) is 0 Å². The first kappa shape index (κ1) is 20.2. The summed E-state index contributed by atoms with van der Waals surface area (Å²) >= 11 is 0. The summed E-state index contributed by atoms with van der Waals surface area (Å²) in [6.07, 6.45) is 0. The number of amides is 2. The van der Waals surface area contributed by atoms with E-state index < -0.39 is 11.8 Å². The van der Waals surface area contributed by atoms with Crippen molar-refractivity contribution in [3.8, 4) is 5.69 Å². The van der Waals surface area contributed by atoms with Crippen LogP contribution in [0.3, 0.4) is 0 Å². The molecule has 0 saturated carbocycles. The normalized spacial score (nSPS) is 23.9. The van der Waals surface area contributed by atoms with E-state index in [9.17, 15) is 14.4 Å². The summed E-state index contributed by atoms with van der Waals surface area (Å²) in [5.41, 5.74) is 5.54. The van der Waals surface area contributed by atoms with Crippen LogP contribution in [-0.4, -0.2) is 21.2 Å². The Morgan fingerprint density at radius 1 is 0.629 bits per heavy atom. The Hall–Kier alpha value is -4.19. The first-order chi connectivity index (χ1) is 17.0. The summed E-state index contributed by atoms with van der Waals surface area (Å²) < 4.78 is 3.24. The lowest BCUT2D eigenvalue weighted by Crippen LogP contribution is -2.41. The van der Waals surface area contributed by atoms with Gasteiger partial charge in [-0.05, 0) is 41.3 Å². The molecule has 2 unspecified atom stereocenters. The predicted octanol–water partition coefficient (Wildman–Crippen LogP) is 3.88. The van der Waals surface area contributed by atoms with E-state index in [4.69, 9.17) is 0 Å². The fraction of sp³-hybridized carbons (Fsp3) is 0.207. The summed E-state index contributed by atoms with van der Waals surface area (Å²) in [4.78, 5) is 43.0. The number of hydrogen-bond donors (Lipinski definition) is 0. The lowest BCUT2D eigenvalue weighted by molar-refractivity contribution is -0.122. The molecule has 3 aromatic carbocycles. The molecule has 1 aromatic heterocycles. The molecule has 35 heavy (non-hydrogen) atoms. The second-order valence-corrected chi connectivity index (χ2v) is 9.69. The van der Waals surface area contributed by atoms with Gasteiger partial charge in [0.2, 0.25) is 11.8 Å². The third-order valence-corrected chi connectivity index (χ3v) is 8.20. The van der Waals surface area contributed by atoms with Crippen LogP contribution in [0, 0.1) is 18.8 Å². The predicted molar refractivity (Wildman–Crippen MR) is 132 cm³/mol. The van der Waals surface area contributed by atoms with E-state index in [-0.39, 0.29) is 34.9 Å². The Morgan fingerprint density at radius 2 is 1.06 bits per heavy atom. The highest BCUT2D eigenvalue weighted by Crippen LogP contribution is 2.61. The molecule has 3 aliphatic carbocycles. The van der Waals surface area contributed by atoms with E-state index in [1.54, 1.807) is 18.7 Å². The molecule has 172 valence electrons. The first-order valence-electron chi connectivity index (χ1n) is 11.9. The van der Waals surface area contributed by atoms with E-state index in [0.29, 0.717) is 11.4 Å². The minimum atomic E-state index is -0.513. The van der Waals surface area contributed by atoms with E-state index in [1.807, 2.05) is 54.6 Å². The van der Waals surface area contributed by atoms with Crippen molar-refractivity contribution in [3.05, 3.63) is 117 Å². The lowest BCUT2D eigenvalue weighted by Gasteiger charge is -2.45. The molecule has 2 amide bonds. The van der Waals surface area contributed by atoms with E-state index >= 15 is 0 Å². The van der Waals surface area contributed by atoms with Gasteiger partial charge >= 0.3 is 0 Å². The van der Waals surface area contributed by atoms with Crippen LogP contribution >= 0.6 is 0 Å². The molecule has 0 N–H and O–H groups in total. The number of imide groups is 1. The zero-order chi connectivity index (χ0) is 24.0. The van der Waals surface area contributed by atoms with Crippen molar-refractivity contribution < 1.29 is 9.59 Å². The van der Waals surface area contributed by atoms with Crippen molar-refractivity contribution in [1.29, 1.82) is 0 Å². The Morgan fingerprint density at radius 3 is 1.51 bits per heavy atom. The second-order valence-electron chi connectivity index (χ2n) is 9.69. The van der Waals surface area contributed by atoms with Crippen LogP contribution in [0.2, 0.25) is 0 Å². The number of hydrogen-bond acceptors (Lipinski definition) is 3. The van der Waals surface area contributed by atoms with Crippen molar-refractivity contribution >= 4 is 17.5 Å². The van der Waals surface area contributed by atoms with Gasteiger partial charge in [-0.2, -0.15) is 0 Å². The average Bonchev–Trinajstić information content (AvgIpc) is 3.27. The Kier molecular flexibility index (Phi) is 3.99.